The van der Waals surface area contributed by atoms with E-state index >= 15 is 0 Å². The Morgan fingerprint density at radius 2 is 2.25 bits per heavy atom. The van der Waals surface area contributed by atoms with Crippen molar-refractivity contribution in [1.82, 2.24) is 25.1 Å². The number of thiophene rings is 1. The molecule has 1 aliphatic carbocycles. The highest BCUT2D eigenvalue weighted by Crippen LogP contribution is 2.41. The lowest BCUT2D eigenvalue weighted by atomic mass is 9.87. The fourth-order valence-electron chi connectivity index (χ4n) is 4.27. The van der Waals surface area contributed by atoms with Gasteiger partial charge in [0.15, 0.2) is 0 Å². The summed E-state index contributed by atoms with van der Waals surface area (Å²) in [6.07, 6.45) is 5.76. The Bertz CT molecular complexity index is 1300. The number of carbonyl (C=O) groups is 1. The van der Waals surface area contributed by atoms with Gasteiger partial charge in [0.05, 0.1) is 22.8 Å². The van der Waals surface area contributed by atoms with Crippen molar-refractivity contribution < 1.29 is 9.53 Å². The van der Waals surface area contributed by atoms with E-state index in [2.05, 4.69) is 25.5 Å². The second-order valence-corrected chi connectivity index (χ2v) is 9.23. The minimum Gasteiger partial charge on any atom is -0.490 e. The van der Waals surface area contributed by atoms with E-state index in [4.69, 9.17) is 10.5 Å². The molecule has 10 heteroatoms. The van der Waals surface area contributed by atoms with Crippen molar-refractivity contribution in [1.29, 1.82) is 0 Å². The van der Waals surface area contributed by atoms with Crippen LogP contribution in [0.4, 0.5) is 11.5 Å². The minimum atomic E-state index is 0.0229. The molecule has 32 heavy (non-hydrogen) atoms. The van der Waals surface area contributed by atoms with E-state index in [1.54, 1.807) is 28.8 Å². The molecule has 4 aromatic rings. The molecule has 1 atom stereocenters. The largest absolute Gasteiger partial charge is 0.490 e. The number of benzene rings is 1. The number of nitrogens with zero attached hydrogens (tertiary/aromatic N) is 4. The molecule has 0 bridgehead atoms. The van der Waals surface area contributed by atoms with Crippen LogP contribution in [0.15, 0.2) is 24.7 Å². The second kappa shape index (κ2) is 8.36. The van der Waals surface area contributed by atoms with Crippen LogP contribution < -0.4 is 15.8 Å². The number of anilines is 2. The van der Waals surface area contributed by atoms with Gasteiger partial charge >= 0.3 is 0 Å². The van der Waals surface area contributed by atoms with E-state index < -0.39 is 0 Å². The zero-order valence-corrected chi connectivity index (χ0v) is 18.8. The summed E-state index contributed by atoms with van der Waals surface area (Å²) >= 11 is 1.65. The smallest absolute Gasteiger partial charge is 0.225 e. The van der Waals surface area contributed by atoms with Gasteiger partial charge in [0.2, 0.25) is 5.91 Å². The fourth-order valence-corrected chi connectivity index (χ4v) is 5.53. The second-order valence-electron chi connectivity index (χ2n) is 8.15. The van der Waals surface area contributed by atoms with Crippen LogP contribution in [-0.4, -0.2) is 58.2 Å². The van der Waals surface area contributed by atoms with Gasteiger partial charge in [-0.3, -0.25) is 9.89 Å². The zero-order valence-electron chi connectivity index (χ0n) is 18.0. The number of amides is 1. The lowest BCUT2D eigenvalue weighted by molar-refractivity contribution is -0.133. The summed E-state index contributed by atoms with van der Waals surface area (Å²) in [5, 5.41) is 12.6. The zero-order chi connectivity index (χ0) is 22.2. The van der Waals surface area contributed by atoms with Crippen LogP contribution in [0.5, 0.6) is 5.75 Å². The van der Waals surface area contributed by atoms with E-state index in [0.717, 1.165) is 51.9 Å². The number of hydrogen-bond donors (Lipinski definition) is 3. The standard InChI is InChI=1S/C22H25N7O2S/c1-29(2)22(30)12-3-4-14-18(8-12)32-21-19(14)20(24-11-25-21)27-16-7-13-10-26-28-15(13)9-17(16)31-6-5-23/h7,9-12H,3-6,8,23H2,1-2H3,(H,26,28)(H,24,25,27)/t12-/m0/s1. The Morgan fingerprint density at radius 1 is 1.38 bits per heavy atom. The molecular formula is C22H25N7O2S. The molecule has 4 N–H and O–H groups in total. The van der Waals surface area contributed by atoms with E-state index in [1.165, 1.54) is 10.4 Å². The third-order valence-corrected chi connectivity index (χ3v) is 6.97. The molecule has 0 radical (unpaired) electrons. The summed E-state index contributed by atoms with van der Waals surface area (Å²) in [5.41, 5.74) is 8.57. The molecule has 3 aromatic heterocycles. The van der Waals surface area contributed by atoms with Crippen LogP contribution in [-0.2, 0) is 17.6 Å². The lowest BCUT2D eigenvalue weighted by Gasteiger charge is -2.24. The maximum atomic E-state index is 12.5. The van der Waals surface area contributed by atoms with Crippen LogP contribution in [0.25, 0.3) is 21.1 Å². The van der Waals surface area contributed by atoms with Gasteiger partial charge < -0.3 is 20.7 Å². The number of ether oxygens (including phenoxy) is 1. The average molecular weight is 452 g/mol. The molecule has 1 amide bonds. The van der Waals surface area contributed by atoms with Gasteiger partial charge in [-0.25, -0.2) is 9.97 Å². The summed E-state index contributed by atoms with van der Waals surface area (Å²) in [4.78, 5) is 25.4. The summed E-state index contributed by atoms with van der Waals surface area (Å²) in [6.45, 7) is 0.825. The summed E-state index contributed by atoms with van der Waals surface area (Å²) < 4.78 is 5.89. The molecule has 5 rings (SSSR count). The molecule has 0 saturated heterocycles. The van der Waals surface area contributed by atoms with Crippen LogP contribution in [0, 0.1) is 5.92 Å². The summed E-state index contributed by atoms with van der Waals surface area (Å²) in [5.74, 6) is 1.63. The number of carbonyl (C=O) groups excluding carboxylic acids is 1. The van der Waals surface area contributed by atoms with Gasteiger partial charge in [-0.1, -0.05) is 0 Å². The van der Waals surface area contributed by atoms with Crippen molar-refractivity contribution in [3.63, 3.8) is 0 Å². The number of nitrogens with two attached hydrogens (primary N) is 1. The average Bonchev–Trinajstić information content (AvgIpc) is 3.40. The lowest BCUT2D eigenvalue weighted by Crippen LogP contribution is -2.32. The number of aryl methyl sites for hydroxylation is 1. The van der Waals surface area contributed by atoms with Crippen LogP contribution in [0.2, 0.25) is 0 Å². The van der Waals surface area contributed by atoms with E-state index in [1.807, 2.05) is 26.2 Å². The number of hydrogen-bond acceptors (Lipinski definition) is 8. The van der Waals surface area contributed by atoms with Crippen molar-refractivity contribution in [3.05, 3.63) is 35.1 Å². The maximum absolute atomic E-state index is 12.5. The summed E-state index contributed by atoms with van der Waals surface area (Å²) in [7, 11) is 3.63. The van der Waals surface area contributed by atoms with Crippen molar-refractivity contribution in [2.75, 3.05) is 32.6 Å². The highest BCUT2D eigenvalue weighted by atomic mass is 32.1. The highest BCUT2D eigenvalue weighted by molar-refractivity contribution is 7.19. The molecule has 1 aliphatic rings. The third-order valence-electron chi connectivity index (χ3n) is 5.80. The first-order chi connectivity index (χ1) is 15.5. The molecule has 0 unspecified atom stereocenters. The van der Waals surface area contributed by atoms with Crippen LogP contribution >= 0.6 is 11.3 Å². The van der Waals surface area contributed by atoms with Crippen LogP contribution in [0.1, 0.15) is 16.9 Å². The molecule has 0 saturated carbocycles. The Hall–Kier alpha value is -3.24. The van der Waals surface area contributed by atoms with Gasteiger partial charge in [0.25, 0.3) is 0 Å². The van der Waals surface area contributed by atoms with Crippen molar-refractivity contribution >= 4 is 49.9 Å². The predicted octanol–water partition coefficient (Wildman–Crippen LogP) is 2.84. The number of nitrogens with one attached hydrogen (secondary N) is 2. The number of fused-ring (bicyclic) bond motifs is 4. The molecule has 3 heterocycles. The Morgan fingerprint density at radius 3 is 3.06 bits per heavy atom. The maximum Gasteiger partial charge on any atom is 0.225 e. The first kappa shape index (κ1) is 20.7. The Balaban J connectivity index is 1.53. The molecule has 9 nitrogen and oxygen atoms in total. The van der Waals surface area contributed by atoms with Crippen molar-refractivity contribution in [3.8, 4) is 5.75 Å². The van der Waals surface area contributed by atoms with Gasteiger partial charge in [0.1, 0.15) is 29.3 Å². The number of aromatic amines is 1. The first-order valence-corrected chi connectivity index (χ1v) is 11.4. The van der Waals surface area contributed by atoms with Crippen molar-refractivity contribution in [2.24, 2.45) is 11.7 Å². The van der Waals surface area contributed by atoms with Crippen molar-refractivity contribution in [2.45, 2.75) is 19.3 Å². The van der Waals surface area contributed by atoms with E-state index in [0.29, 0.717) is 18.9 Å². The molecule has 1 aromatic carbocycles. The van der Waals surface area contributed by atoms with Gasteiger partial charge in [-0.15, -0.1) is 11.3 Å². The minimum absolute atomic E-state index is 0.0229. The quantitative estimate of drug-likeness (QED) is 0.412. The van der Waals surface area contributed by atoms with Gasteiger partial charge in [0, 0.05) is 42.9 Å². The molecule has 0 fully saturated rings. The monoisotopic (exact) mass is 451 g/mol. The topological polar surface area (TPSA) is 122 Å². The molecule has 0 spiro atoms. The van der Waals surface area contributed by atoms with E-state index in [-0.39, 0.29) is 11.8 Å². The number of aromatic nitrogens is 4. The SMILES string of the molecule is CN(C)C(=O)[C@H]1CCc2c(sc3ncnc(Nc4cc5cn[nH]c5cc4OCCN)c23)C1. The normalized spacial score (nSPS) is 15.7. The molecule has 166 valence electrons. The molecule has 0 aliphatic heterocycles. The number of H-pyrrole nitrogens is 1. The molecular weight excluding hydrogens is 426 g/mol. The third kappa shape index (κ3) is 3.65. The summed E-state index contributed by atoms with van der Waals surface area (Å²) in [6, 6.07) is 3.91. The Kier molecular flexibility index (Phi) is 5.40. The fraction of sp³-hybridized carbons (Fsp3) is 0.364. The van der Waals surface area contributed by atoms with Gasteiger partial charge in [-0.05, 0) is 30.9 Å². The Labute approximate surface area is 189 Å². The highest BCUT2D eigenvalue weighted by Gasteiger charge is 2.30. The first-order valence-electron chi connectivity index (χ1n) is 10.6. The number of rotatable bonds is 6. The van der Waals surface area contributed by atoms with E-state index in [9.17, 15) is 4.79 Å². The van der Waals surface area contributed by atoms with Gasteiger partial charge in [-0.2, -0.15) is 5.10 Å². The predicted molar refractivity (Wildman–Crippen MR) is 126 cm³/mol. The van der Waals surface area contributed by atoms with Crippen LogP contribution in [0.3, 0.4) is 0 Å².